The van der Waals surface area contributed by atoms with Crippen LogP contribution in [0.1, 0.15) is 5.56 Å². The molecule has 0 amide bonds. The summed E-state index contributed by atoms with van der Waals surface area (Å²) in [6.07, 6.45) is 2.58. The molecular formula is C14H14ClN3O. The van der Waals surface area contributed by atoms with Gasteiger partial charge in [-0.25, -0.2) is 4.98 Å². The van der Waals surface area contributed by atoms with Crippen LogP contribution in [0.25, 0.3) is 0 Å². The minimum Gasteiger partial charge on any atom is -0.488 e. The highest BCUT2D eigenvalue weighted by Crippen LogP contribution is 2.28. The van der Waals surface area contributed by atoms with Crippen molar-refractivity contribution >= 4 is 23.1 Å². The number of nitrogens with one attached hydrogen (secondary N) is 1. The van der Waals surface area contributed by atoms with Crippen molar-refractivity contribution in [2.75, 3.05) is 17.6 Å². The van der Waals surface area contributed by atoms with Gasteiger partial charge in [-0.05, 0) is 17.7 Å². The fourth-order valence-corrected chi connectivity index (χ4v) is 2.35. The molecule has 4 nitrogen and oxygen atoms in total. The summed E-state index contributed by atoms with van der Waals surface area (Å²) in [5.41, 5.74) is 7.63. The normalized spacial score (nSPS) is 16.8. The van der Waals surface area contributed by atoms with Gasteiger partial charge in [-0.1, -0.05) is 29.8 Å². The van der Waals surface area contributed by atoms with Gasteiger partial charge in [0, 0.05) is 12.6 Å². The first-order valence-electron chi connectivity index (χ1n) is 6.12. The molecule has 1 aromatic heterocycles. The van der Waals surface area contributed by atoms with Gasteiger partial charge < -0.3 is 15.8 Å². The summed E-state index contributed by atoms with van der Waals surface area (Å²) in [4.78, 5) is 4.16. The molecule has 5 heteroatoms. The molecule has 1 atom stereocenters. The van der Waals surface area contributed by atoms with E-state index in [0.29, 0.717) is 23.1 Å². The molecule has 0 fully saturated rings. The summed E-state index contributed by atoms with van der Waals surface area (Å²) in [5.74, 6) is 1.61. The van der Waals surface area contributed by atoms with Crippen LogP contribution in [0.4, 0.5) is 11.5 Å². The number of nitrogens with two attached hydrogens (primary N) is 1. The van der Waals surface area contributed by atoms with Crippen LogP contribution in [0.3, 0.4) is 0 Å². The number of pyridine rings is 1. The summed E-state index contributed by atoms with van der Waals surface area (Å²) in [6, 6.07) is 9.76. The van der Waals surface area contributed by atoms with E-state index >= 15 is 0 Å². The standard InChI is InChI=1S/C14H14ClN3O/c15-10-6-12(16)14(17-7-10)18-8-11-5-9-3-1-2-4-13(9)19-11/h1-4,6-7,11H,5,8,16H2,(H,17,18). The van der Waals surface area contributed by atoms with Crippen molar-refractivity contribution in [2.45, 2.75) is 12.5 Å². The maximum atomic E-state index is 5.84. The molecule has 0 saturated heterocycles. The molecule has 0 bridgehead atoms. The number of fused-ring (bicyclic) bond motifs is 1. The van der Waals surface area contributed by atoms with Crippen molar-refractivity contribution < 1.29 is 4.74 Å². The average molecular weight is 276 g/mol. The molecule has 2 heterocycles. The van der Waals surface area contributed by atoms with Crippen molar-refractivity contribution in [3.05, 3.63) is 47.1 Å². The highest BCUT2D eigenvalue weighted by atomic mass is 35.5. The molecule has 1 aliphatic heterocycles. The van der Waals surface area contributed by atoms with Crippen molar-refractivity contribution in [3.63, 3.8) is 0 Å². The molecule has 2 aromatic rings. The Morgan fingerprint density at radius 2 is 2.26 bits per heavy atom. The summed E-state index contributed by atoms with van der Waals surface area (Å²) < 4.78 is 5.84. The first kappa shape index (κ1) is 12.1. The summed E-state index contributed by atoms with van der Waals surface area (Å²) >= 11 is 5.81. The summed E-state index contributed by atoms with van der Waals surface area (Å²) in [6.45, 7) is 0.660. The first-order chi connectivity index (χ1) is 9.22. The van der Waals surface area contributed by atoms with Gasteiger partial charge in [0.05, 0.1) is 17.3 Å². The predicted molar refractivity (Wildman–Crippen MR) is 76.7 cm³/mol. The average Bonchev–Trinajstić information content (AvgIpc) is 2.80. The van der Waals surface area contributed by atoms with Gasteiger partial charge in [0.2, 0.25) is 0 Å². The van der Waals surface area contributed by atoms with E-state index in [9.17, 15) is 0 Å². The monoisotopic (exact) mass is 275 g/mol. The molecule has 19 heavy (non-hydrogen) atoms. The number of anilines is 2. The van der Waals surface area contributed by atoms with Crippen LogP contribution in [-0.4, -0.2) is 17.6 Å². The lowest BCUT2D eigenvalue weighted by molar-refractivity contribution is 0.246. The van der Waals surface area contributed by atoms with E-state index in [1.165, 1.54) is 5.56 Å². The van der Waals surface area contributed by atoms with E-state index < -0.39 is 0 Å². The van der Waals surface area contributed by atoms with Gasteiger partial charge in [-0.15, -0.1) is 0 Å². The van der Waals surface area contributed by atoms with Gasteiger partial charge in [0.1, 0.15) is 17.7 Å². The van der Waals surface area contributed by atoms with E-state index in [-0.39, 0.29) is 6.10 Å². The van der Waals surface area contributed by atoms with Crippen LogP contribution in [-0.2, 0) is 6.42 Å². The van der Waals surface area contributed by atoms with Gasteiger partial charge >= 0.3 is 0 Å². The molecular weight excluding hydrogens is 262 g/mol. The minimum absolute atomic E-state index is 0.106. The zero-order chi connectivity index (χ0) is 13.2. The van der Waals surface area contributed by atoms with Crippen molar-refractivity contribution in [1.82, 2.24) is 4.98 Å². The van der Waals surface area contributed by atoms with Crippen LogP contribution in [0, 0.1) is 0 Å². The van der Waals surface area contributed by atoms with Gasteiger partial charge in [-0.2, -0.15) is 0 Å². The van der Waals surface area contributed by atoms with Crippen molar-refractivity contribution in [3.8, 4) is 5.75 Å². The topological polar surface area (TPSA) is 60.2 Å². The number of benzene rings is 1. The third-order valence-corrected chi connectivity index (χ3v) is 3.30. The number of ether oxygens (including phenoxy) is 1. The Bertz CT molecular complexity index is 578. The molecule has 1 unspecified atom stereocenters. The lowest BCUT2D eigenvalue weighted by atomic mass is 10.1. The minimum atomic E-state index is 0.106. The highest BCUT2D eigenvalue weighted by Gasteiger charge is 2.22. The quantitative estimate of drug-likeness (QED) is 0.904. The summed E-state index contributed by atoms with van der Waals surface area (Å²) in [5, 5.41) is 3.73. The zero-order valence-electron chi connectivity index (χ0n) is 10.3. The van der Waals surface area contributed by atoms with Crippen molar-refractivity contribution in [2.24, 2.45) is 0 Å². The number of halogens is 1. The third-order valence-electron chi connectivity index (χ3n) is 3.09. The highest BCUT2D eigenvalue weighted by molar-refractivity contribution is 6.30. The Morgan fingerprint density at radius 3 is 3.05 bits per heavy atom. The van der Waals surface area contributed by atoms with Crippen LogP contribution >= 0.6 is 11.6 Å². The largest absolute Gasteiger partial charge is 0.488 e. The van der Waals surface area contributed by atoms with Gasteiger partial charge in [-0.3, -0.25) is 0 Å². The maximum Gasteiger partial charge on any atom is 0.149 e. The van der Waals surface area contributed by atoms with Crippen LogP contribution in [0.15, 0.2) is 36.5 Å². The Labute approximate surface area is 116 Å². The number of hydrogen-bond donors (Lipinski definition) is 2. The second kappa shape index (κ2) is 4.97. The van der Waals surface area contributed by atoms with E-state index in [1.807, 2.05) is 18.2 Å². The molecule has 0 saturated carbocycles. The lowest BCUT2D eigenvalue weighted by Gasteiger charge is -2.13. The van der Waals surface area contributed by atoms with Crippen LogP contribution in [0.5, 0.6) is 5.75 Å². The maximum absolute atomic E-state index is 5.84. The third kappa shape index (κ3) is 2.58. The smallest absolute Gasteiger partial charge is 0.149 e. The molecule has 3 N–H and O–H groups in total. The van der Waals surface area contributed by atoms with E-state index in [2.05, 4.69) is 16.4 Å². The van der Waals surface area contributed by atoms with Crippen molar-refractivity contribution in [1.29, 1.82) is 0 Å². The number of hydrogen-bond acceptors (Lipinski definition) is 4. The van der Waals surface area contributed by atoms with Crippen LogP contribution < -0.4 is 15.8 Å². The number of nitrogen functional groups attached to an aromatic ring is 1. The van der Waals surface area contributed by atoms with E-state index in [0.717, 1.165) is 12.2 Å². The fraction of sp³-hybridized carbons (Fsp3) is 0.214. The zero-order valence-corrected chi connectivity index (χ0v) is 11.0. The molecule has 0 spiro atoms. The second-order valence-electron chi connectivity index (χ2n) is 4.52. The Hall–Kier alpha value is -1.94. The second-order valence-corrected chi connectivity index (χ2v) is 4.96. The number of rotatable bonds is 3. The van der Waals surface area contributed by atoms with E-state index in [4.69, 9.17) is 22.1 Å². The molecule has 3 rings (SSSR count). The van der Waals surface area contributed by atoms with Crippen LogP contribution in [0.2, 0.25) is 5.02 Å². The van der Waals surface area contributed by atoms with Gasteiger partial charge in [0.25, 0.3) is 0 Å². The molecule has 98 valence electrons. The first-order valence-corrected chi connectivity index (χ1v) is 6.49. The molecule has 0 aliphatic carbocycles. The molecule has 1 aliphatic rings. The predicted octanol–water partition coefficient (Wildman–Crippen LogP) is 2.73. The Balaban J connectivity index is 1.63. The fourth-order valence-electron chi connectivity index (χ4n) is 2.18. The SMILES string of the molecule is Nc1cc(Cl)cnc1NCC1Cc2ccccc2O1. The Morgan fingerprint density at radius 1 is 1.42 bits per heavy atom. The van der Waals surface area contributed by atoms with Gasteiger partial charge in [0.15, 0.2) is 0 Å². The van der Waals surface area contributed by atoms with E-state index in [1.54, 1.807) is 12.3 Å². The molecule has 0 radical (unpaired) electrons. The summed E-state index contributed by atoms with van der Waals surface area (Å²) in [7, 11) is 0. The molecule has 1 aromatic carbocycles. The lowest BCUT2D eigenvalue weighted by Crippen LogP contribution is -2.24. The number of aromatic nitrogens is 1. The number of para-hydroxylation sites is 1. The Kier molecular flexibility index (Phi) is 3.17. The number of nitrogens with zero attached hydrogens (tertiary/aromatic N) is 1.